The Kier molecular flexibility index (Phi) is 8.86. The normalized spacial score (nSPS) is 16.0. The van der Waals surface area contributed by atoms with Crippen LogP contribution < -0.4 is 20.7 Å². The van der Waals surface area contributed by atoms with Gasteiger partial charge in [0.1, 0.15) is 17.7 Å². The fourth-order valence-corrected chi connectivity index (χ4v) is 3.29. The van der Waals surface area contributed by atoms with Gasteiger partial charge < -0.3 is 25.4 Å². The maximum Gasteiger partial charge on any atom is 0.254 e. The maximum absolute atomic E-state index is 13.7. The number of benzene rings is 2. The molecule has 1 saturated heterocycles. The number of halogens is 1. The first-order valence-corrected chi connectivity index (χ1v) is 11.0. The van der Waals surface area contributed by atoms with Crippen LogP contribution >= 0.6 is 0 Å². The predicted molar refractivity (Wildman–Crippen MR) is 123 cm³/mol. The lowest BCUT2D eigenvalue weighted by Crippen LogP contribution is -2.41. The maximum atomic E-state index is 13.7. The van der Waals surface area contributed by atoms with Gasteiger partial charge in [0.25, 0.3) is 5.91 Å². The highest BCUT2D eigenvalue weighted by atomic mass is 19.1. The molecule has 7 nitrogen and oxygen atoms in total. The minimum atomic E-state index is -0.534. The van der Waals surface area contributed by atoms with Crippen LogP contribution in [0.5, 0.6) is 5.75 Å². The summed E-state index contributed by atoms with van der Waals surface area (Å²) in [5, 5.41) is 9.09. The number of aliphatic imine (C=N–C) groups is 1. The minimum Gasteiger partial charge on any atom is -0.488 e. The van der Waals surface area contributed by atoms with Gasteiger partial charge in [-0.25, -0.2) is 9.38 Å². The van der Waals surface area contributed by atoms with Gasteiger partial charge >= 0.3 is 0 Å². The largest absolute Gasteiger partial charge is 0.488 e. The molecule has 1 aliphatic rings. The van der Waals surface area contributed by atoms with E-state index in [-0.39, 0.29) is 11.7 Å². The van der Waals surface area contributed by atoms with Crippen molar-refractivity contribution >= 4 is 11.9 Å². The second-order valence-corrected chi connectivity index (χ2v) is 7.57. The SMILES string of the molecule is CCNC(=NCc1ccc(C)cc1OC1CCOC1)NCCNC(=O)c1ccccc1F. The average Bonchev–Trinajstić information content (AvgIpc) is 3.29. The molecule has 0 bridgehead atoms. The molecule has 2 aromatic carbocycles. The average molecular weight is 443 g/mol. The first-order valence-electron chi connectivity index (χ1n) is 11.0. The Hall–Kier alpha value is -3.13. The highest BCUT2D eigenvalue weighted by Gasteiger charge is 2.18. The molecule has 3 N–H and O–H groups in total. The van der Waals surface area contributed by atoms with Crippen molar-refractivity contribution < 1.29 is 18.7 Å². The van der Waals surface area contributed by atoms with Crippen LogP contribution in [-0.4, -0.2) is 50.8 Å². The number of carbonyl (C=O) groups is 1. The van der Waals surface area contributed by atoms with Crippen LogP contribution in [0.25, 0.3) is 0 Å². The van der Waals surface area contributed by atoms with E-state index in [0.717, 1.165) is 29.9 Å². The molecule has 1 heterocycles. The standard InChI is InChI=1S/C24H31FN4O3/c1-3-26-24(28-12-11-27-23(30)20-6-4-5-7-21(20)25)29-15-18-9-8-17(2)14-22(18)32-19-10-13-31-16-19/h4-9,14,19H,3,10-13,15-16H2,1-2H3,(H,27,30)(H2,26,28,29). The second-order valence-electron chi connectivity index (χ2n) is 7.57. The molecule has 1 amide bonds. The molecule has 172 valence electrons. The summed E-state index contributed by atoms with van der Waals surface area (Å²) in [6.45, 7) is 7.28. The summed E-state index contributed by atoms with van der Waals surface area (Å²) in [5.74, 6) is 0.484. The van der Waals surface area contributed by atoms with E-state index in [2.05, 4.69) is 20.9 Å². The third-order valence-corrected chi connectivity index (χ3v) is 4.98. The van der Waals surface area contributed by atoms with Gasteiger partial charge in [0.15, 0.2) is 5.96 Å². The number of nitrogens with zero attached hydrogens (tertiary/aromatic N) is 1. The number of aryl methyl sites for hydroxylation is 1. The molecule has 0 aliphatic carbocycles. The Morgan fingerprint density at radius 2 is 2.00 bits per heavy atom. The van der Waals surface area contributed by atoms with Gasteiger partial charge in [-0.2, -0.15) is 0 Å². The van der Waals surface area contributed by atoms with Gasteiger partial charge in [-0.05, 0) is 37.6 Å². The molecule has 1 aliphatic heterocycles. The van der Waals surface area contributed by atoms with Crippen molar-refractivity contribution in [1.82, 2.24) is 16.0 Å². The molecular weight excluding hydrogens is 411 g/mol. The van der Waals surface area contributed by atoms with Crippen LogP contribution in [0, 0.1) is 12.7 Å². The number of nitrogens with one attached hydrogen (secondary N) is 3. The van der Waals surface area contributed by atoms with E-state index in [0.29, 0.717) is 38.7 Å². The predicted octanol–water partition coefficient (Wildman–Crippen LogP) is 2.79. The van der Waals surface area contributed by atoms with E-state index in [4.69, 9.17) is 9.47 Å². The number of hydrogen-bond donors (Lipinski definition) is 3. The van der Waals surface area contributed by atoms with Gasteiger partial charge in [-0.1, -0.05) is 24.3 Å². The first kappa shape index (κ1) is 23.5. The molecule has 1 fully saturated rings. The summed E-state index contributed by atoms with van der Waals surface area (Å²) in [6.07, 6.45) is 0.961. The van der Waals surface area contributed by atoms with Crippen LogP contribution in [-0.2, 0) is 11.3 Å². The molecule has 1 unspecified atom stereocenters. The third-order valence-electron chi connectivity index (χ3n) is 4.98. The summed E-state index contributed by atoms with van der Waals surface area (Å²) >= 11 is 0. The van der Waals surface area contributed by atoms with Crippen LogP contribution in [0.1, 0.15) is 34.8 Å². The Balaban J connectivity index is 1.54. The lowest BCUT2D eigenvalue weighted by molar-refractivity contribution is 0.0950. The Morgan fingerprint density at radius 3 is 2.75 bits per heavy atom. The molecule has 8 heteroatoms. The highest BCUT2D eigenvalue weighted by molar-refractivity contribution is 5.94. The van der Waals surface area contributed by atoms with E-state index in [1.165, 1.54) is 12.1 Å². The van der Waals surface area contributed by atoms with Crippen molar-refractivity contribution in [1.29, 1.82) is 0 Å². The number of amides is 1. The fraction of sp³-hybridized carbons (Fsp3) is 0.417. The van der Waals surface area contributed by atoms with Gasteiger partial charge in [0.05, 0.1) is 25.3 Å². The topological polar surface area (TPSA) is 84.0 Å². The number of hydrogen-bond acceptors (Lipinski definition) is 4. The first-order chi connectivity index (χ1) is 15.6. The molecule has 0 spiro atoms. The van der Waals surface area contributed by atoms with Crippen molar-refractivity contribution in [3.8, 4) is 5.75 Å². The molecule has 3 rings (SSSR count). The lowest BCUT2D eigenvalue weighted by Gasteiger charge is -2.16. The van der Waals surface area contributed by atoms with E-state index in [1.807, 2.05) is 32.0 Å². The van der Waals surface area contributed by atoms with E-state index < -0.39 is 11.7 Å². The summed E-state index contributed by atoms with van der Waals surface area (Å²) in [5.41, 5.74) is 2.16. The van der Waals surface area contributed by atoms with Crippen LogP contribution in [0.3, 0.4) is 0 Å². The quantitative estimate of drug-likeness (QED) is 0.316. The zero-order chi connectivity index (χ0) is 22.8. The van der Waals surface area contributed by atoms with E-state index in [1.54, 1.807) is 12.1 Å². The number of ether oxygens (including phenoxy) is 2. The van der Waals surface area contributed by atoms with E-state index in [9.17, 15) is 9.18 Å². The molecular formula is C24H31FN4O3. The summed E-state index contributed by atoms with van der Waals surface area (Å²) in [7, 11) is 0. The fourth-order valence-electron chi connectivity index (χ4n) is 3.29. The molecule has 0 saturated carbocycles. The Morgan fingerprint density at radius 1 is 1.19 bits per heavy atom. The van der Waals surface area contributed by atoms with Crippen LogP contribution in [0.15, 0.2) is 47.5 Å². The molecule has 2 aromatic rings. The summed E-state index contributed by atoms with van der Waals surface area (Å²) in [4.78, 5) is 16.8. The zero-order valence-corrected chi connectivity index (χ0v) is 18.6. The highest BCUT2D eigenvalue weighted by Crippen LogP contribution is 2.24. The smallest absolute Gasteiger partial charge is 0.254 e. The van der Waals surface area contributed by atoms with E-state index >= 15 is 0 Å². The molecule has 1 atom stereocenters. The monoisotopic (exact) mass is 442 g/mol. The van der Waals surface area contributed by atoms with Crippen molar-refractivity contribution in [2.24, 2.45) is 4.99 Å². The van der Waals surface area contributed by atoms with Crippen LogP contribution in [0.4, 0.5) is 4.39 Å². The molecule has 0 aromatic heterocycles. The van der Waals surface area contributed by atoms with Crippen molar-refractivity contribution in [2.45, 2.75) is 32.9 Å². The second kappa shape index (κ2) is 12.0. The van der Waals surface area contributed by atoms with Crippen molar-refractivity contribution in [2.75, 3.05) is 32.8 Å². The Labute approximate surface area is 188 Å². The Bertz CT molecular complexity index is 929. The zero-order valence-electron chi connectivity index (χ0n) is 18.6. The van der Waals surface area contributed by atoms with Gasteiger partial charge in [0.2, 0.25) is 0 Å². The van der Waals surface area contributed by atoms with Crippen molar-refractivity contribution in [3.05, 3.63) is 65.0 Å². The number of carbonyl (C=O) groups excluding carboxylic acids is 1. The number of rotatable bonds is 9. The number of guanidine groups is 1. The van der Waals surface area contributed by atoms with Gasteiger partial charge in [-0.15, -0.1) is 0 Å². The summed E-state index contributed by atoms with van der Waals surface area (Å²) in [6, 6.07) is 12.0. The van der Waals surface area contributed by atoms with Gasteiger partial charge in [-0.3, -0.25) is 4.79 Å². The minimum absolute atomic E-state index is 0.0348. The third kappa shape index (κ3) is 6.95. The van der Waals surface area contributed by atoms with Crippen LogP contribution in [0.2, 0.25) is 0 Å². The van der Waals surface area contributed by atoms with Gasteiger partial charge in [0, 0.05) is 31.6 Å². The van der Waals surface area contributed by atoms with Crippen molar-refractivity contribution in [3.63, 3.8) is 0 Å². The summed E-state index contributed by atoms with van der Waals surface area (Å²) < 4.78 is 25.3. The molecule has 0 radical (unpaired) electrons. The lowest BCUT2D eigenvalue weighted by atomic mass is 10.1. The molecule has 32 heavy (non-hydrogen) atoms.